The minimum absolute atomic E-state index is 0.0845. The van der Waals surface area contributed by atoms with E-state index in [4.69, 9.17) is 4.74 Å². The summed E-state index contributed by atoms with van der Waals surface area (Å²) in [4.78, 5) is 23.5. The summed E-state index contributed by atoms with van der Waals surface area (Å²) in [6.45, 7) is 11.6. The molecule has 1 fully saturated rings. The highest BCUT2D eigenvalue weighted by molar-refractivity contribution is 5.80. The predicted molar refractivity (Wildman–Crippen MR) is 81.1 cm³/mol. The molecule has 0 heterocycles. The number of ether oxygens (including phenoxy) is 1. The summed E-state index contributed by atoms with van der Waals surface area (Å²) in [6.07, 6.45) is 2.11. The van der Waals surface area contributed by atoms with Crippen molar-refractivity contribution in [3.63, 3.8) is 0 Å². The first-order valence-electron chi connectivity index (χ1n) is 7.65. The maximum absolute atomic E-state index is 11.9. The molecule has 0 aromatic heterocycles. The van der Waals surface area contributed by atoms with Crippen LogP contribution in [0.2, 0.25) is 0 Å². The van der Waals surface area contributed by atoms with Crippen LogP contribution in [0.5, 0.6) is 0 Å². The molecule has 0 saturated heterocycles. The van der Waals surface area contributed by atoms with Gasteiger partial charge in [0, 0.05) is 0 Å². The van der Waals surface area contributed by atoms with Crippen LogP contribution in [0.25, 0.3) is 0 Å². The Hall–Kier alpha value is -1.26. The summed E-state index contributed by atoms with van der Waals surface area (Å²) in [5, 5.41) is 12.1. The van der Waals surface area contributed by atoms with E-state index in [-0.39, 0.29) is 11.3 Å². The molecule has 0 spiro atoms. The number of alkyl carbamates (subject to hydrolysis) is 1. The summed E-state index contributed by atoms with van der Waals surface area (Å²) in [6, 6.07) is -0.901. The van der Waals surface area contributed by atoms with Crippen LogP contribution in [0, 0.1) is 17.3 Å². The Morgan fingerprint density at radius 3 is 2.29 bits per heavy atom. The Morgan fingerprint density at radius 2 is 1.86 bits per heavy atom. The van der Waals surface area contributed by atoms with Gasteiger partial charge in [0.1, 0.15) is 11.6 Å². The number of carboxylic acids is 1. The molecule has 21 heavy (non-hydrogen) atoms. The molecule has 0 bridgehead atoms. The first kappa shape index (κ1) is 17.8. The first-order valence-corrected chi connectivity index (χ1v) is 7.65. The van der Waals surface area contributed by atoms with Gasteiger partial charge >= 0.3 is 12.1 Å². The van der Waals surface area contributed by atoms with Crippen molar-refractivity contribution in [2.75, 3.05) is 0 Å². The lowest BCUT2D eigenvalue weighted by atomic mass is 9.63. The zero-order valence-corrected chi connectivity index (χ0v) is 14.0. The van der Waals surface area contributed by atoms with Crippen LogP contribution in [-0.2, 0) is 9.53 Å². The highest BCUT2D eigenvalue weighted by Crippen LogP contribution is 2.44. The van der Waals surface area contributed by atoms with E-state index in [1.807, 2.05) is 0 Å². The number of amides is 1. The summed E-state index contributed by atoms with van der Waals surface area (Å²) in [5.74, 6) is -0.487. The molecule has 2 N–H and O–H groups in total. The normalized spacial score (nSPS) is 26.8. The van der Waals surface area contributed by atoms with Gasteiger partial charge in [-0.2, -0.15) is 0 Å². The van der Waals surface area contributed by atoms with Crippen LogP contribution >= 0.6 is 0 Å². The maximum Gasteiger partial charge on any atom is 0.408 e. The number of carbonyl (C=O) groups excluding carboxylic acids is 1. The lowest BCUT2D eigenvalue weighted by Gasteiger charge is -2.44. The van der Waals surface area contributed by atoms with Gasteiger partial charge in [-0.25, -0.2) is 9.59 Å². The molecule has 122 valence electrons. The number of hydrogen-bond donors (Lipinski definition) is 2. The highest BCUT2D eigenvalue weighted by atomic mass is 16.6. The molecule has 1 aliphatic carbocycles. The largest absolute Gasteiger partial charge is 0.480 e. The average Bonchev–Trinajstić information content (AvgIpc) is 2.22. The third-order valence-corrected chi connectivity index (χ3v) is 4.19. The molecule has 1 rings (SSSR count). The summed E-state index contributed by atoms with van der Waals surface area (Å²) >= 11 is 0. The Kier molecular flexibility index (Phi) is 5.29. The second-order valence-corrected chi connectivity index (χ2v) is 7.94. The average molecular weight is 299 g/mol. The molecule has 1 aliphatic rings. The smallest absolute Gasteiger partial charge is 0.408 e. The number of carboxylic acid groups (broad SMARTS) is 1. The van der Waals surface area contributed by atoms with Gasteiger partial charge < -0.3 is 15.2 Å². The molecule has 1 saturated carbocycles. The Morgan fingerprint density at radius 1 is 1.29 bits per heavy atom. The standard InChI is InChI=1S/C16H29NO4/c1-10-7-8-11(16(5,6)9-10)12(13(18)19)17-14(20)21-15(2,3)4/h10-12H,7-9H2,1-6H3,(H,17,20)(H,18,19). The molecule has 3 unspecified atom stereocenters. The van der Waals surface area contributed by atoms with E-state index in [9.17, 15) is 14.7 Å². The molecule has 0 aliphatic heterocycles. The fourth-order valence-electron chi connectivity index (χ4n) is 3.39. The number of rotatable bonds is 3. The van der Waals surface area contributed by atoms with E-state index in [2.05, 4.69) is 26.1 Å². The fourth-order valence-corrected chi connectivity index (χ4v) is 3.39. The van der Waals surface area contributed by atoms with Crippen LogP contribution in [0.3, 0.4) is 0 Å². The van der Waals surface area contributed by atoms with Gasteiger partial charge in [-0.3, -0.25) is 0 Å². The molecule has 1 amide bonds. The Balaban J connectivity index is 2.82. The molecule has 3 atom stereocenters. The third kappa shape index (κ3) is 5.21. The minimum Gasteiger partial charge on any atom is -0.480 e. The van der Waals surface area contributed by atoms with Crippen LogP contribution in [0.15, 0.2) is 0 Å². The van der Waals surface area contributed by atoms with E-state index in [1.165, 1.54) is 0 Å². The van der Waals surface area contributed by atoms with E-state index >= 15 is 0 Å². The molecule has 0 aromatic carbocycles. The summed E-state index contributed by atoms with van der Waals surface area (Å²) in [5.41, 5.74) is -0.751. The Labute approximate surface area is 127 Å². The second-order valence-electron chi connectivity index (χ2n) is 7.94. The number of carbonyl (C=O) groups is 2. The second kappa shape index (κ2) is 6.24. The molecule has 5 heteroatoms. The molecular formula is C16H29NO4. The first-order chi connectivity index (χ1) is 9.42. The maximum atomic E-state index is 11.9. The van der Waals surface area contributed by atoms with Crippen molar-refractivity contribution in [3.8, 4) is 0 Å². The van der Waals surface area contributed by atoms with E-state index in [1.54, 1.807) is 20.8 Å². The van der Waals surface area contributed by atoms with Gasteiger partial charge in [0.15, 0.2) is 0 Å². The van der Waals surface area contributed by atoms with Gasteiger partial charge in [-0.05, 0) is 50.9 Å². The third-order valence-electron chi connectivity index (χ3n) is 4.19. The topological polar surface area (TPSA) is 75.6 Å². The van der Waals surface area contributed by atoms with Gasteiger partial charge in [-0.15, -0.1) is 0 Å². The number of aliphatic carboxylic acids is 1. The van der Waals surface area contributed by atoms with E-state index < -0.39 is 23.7 Å². The molecule has 5 nitrogen and oxygen atoms in total. The molecule has 0 radical (unpaired) electrons. The molecular weight excluding hydrogens is 270 g/mol. The SMILES string of the molecule is CC1CCC(C(NC(=O)OC(C)(C)C)C(=O)O)C(C)(C)C1. The van der Waals surface area contributed by atoms with Crippen LogP contribution in [0.4, 0.5) is 4.79 Å². The van der Waals surface area contributed by atoms with Crippen molar-refractivity contribution in [3.05, 3.63) is 0 Å². The van der Waals surface area contributed by atoms with Gasteiger partial charge in [-0.1, -0.05) is 27.2 Å². The fraction of sp³-hybridized carbons (Fsp3) is 0.875. The lowest BCUT2D eigenvalue weighted by molar-refractivity contribution is -0.143. The van der Waals surface area contributed by atoms with Crippen molar-refractivity contribution in [2.24, 2.45) is 17.3 Å². The quantitative estimate of drug-likeness (QED) is 0.837. The van der Waals surface area contributed by atoms with Crippen molar-refractivity contribution in [2.45, 2.75) is 72.4 Å². The van der Waals surface area contributed by atoms with Crippen LogP contribution in [-0.4, -0.2) is 28.8 Å². The summed E-state index contributed by atoms with van der Waals surface area (Å²) in [7, 11) is 0. The zero-order valence-electron chi connectivity index (χ0n) is 14.0. The van der Waals surface area contributed by atoms with Crippen molar-refractivity contribution in [1.29, 1.82) is 0 Å². The van der Waals surface area contributed by atoms with Crippen molar-refractivity contribution in [1.82, 2.24) is 5.32 Å². The molecule has 0 aromatic rings. The van der Waals surface area contributed by atoms with Crippen LogP contribution < -0.4 is 5.32 Å². The summed E-state index contributed by atoms with van der Waals surface area (Å²) < 4.78 is 5.19. The van der Waals surface area contributed by atoms with E-state index in [0.717, 1.165) is 19.3 Å². The lowest BCUT2D eigenvalue weighted by Crippen LogP contribution is -2.53. The highest BCUT2D eigenvalue weighted by Gasteiger charge is 2.43. The Bertz CT molecular complexity index is 398. The van der Waals surface area contributed by atoms with Gasteiger partial charge in [0.25, 0.3) is 0 Å². The van der Waals surface area contributed by atoms with Crippen molar-refractivity contribution < 1.29 is 19.4 Å². The van der Waals surface area contributed by atoms with Gasteiger partial charge in [0.05, 0.1) is 0 Å². The van der Waals surface area contributed by atoms with Crippen LogP contribution in [0.1, 0.15) is 60.8 Å². The monoisotopic (exact) mass is 299 g/mol. The van der Waals surface area contributed by atoms with E-state index in [0.29, 0.717) is 5.92 Å². The minimum atomic E-state index is -0.992. The van der Waals surface area contributed by atoms with Gasteiger partial charge in [0.2, 0.25) is 0 Å². The predicted octanol–water partition coefficient (Wildman–Crippen LogP) is 3.43. The number of nitrogens with one attached hydrogen (secondary N) is 1. The van der Waals surface area contributed by atoms with Crippen molar-refractivity contribution >= 4 is 12.1 Å². The number of hydrogen-bond acceptors (Lipinski definition) is 3. The zero-order chi connectivity index (χ0) is 16.4.